The number of piperazine rings is 1. The van der Waals surface area contributed by atoms with Crippen LogP contribution in [0.1, 0.15) is 58.4 Å². The monoisotopic (exact) mass is 601 g/mol. The fourth-order valence-electron chi connectivity index (χ4n) is 6.19. The largest absolute Gasteiger partial charge is 0.457 e. The Kier molecular flexibility index (Phi) is 11.6. The number of halogens is 1. The summed E-state index contributed by atoms with van der Waals surface area (Å²) < 4.78 is 26.6. The van der Waals surface area contributed by atoms with Crippen LogP contribution >= 0.6 is 0 Å². The molecule has 3 aliphatic rings. The Morgan fingerprint density at radius 2 is 1.84 bits per heavy atom. The summed E-state index contributed by atoms with van der Waals surface area (Å²) in [5.74, 6) is -1.25. The summed E-state index contributed by atoms with van der Waals surface area (Å²) in [5.41, 5.74) is 2.05. The first-order valence-corrected chi connectivity index (χ1v) is 15.6. The SMILES string of the molecule is C/C(=C\c1cc(F)cc(N2CCC[C@@H]2CO)c1)[C@H]1OC(=O)C[C@H](O)CC[C@H](C)[C@@H](OC(=O)N2CCN(C)CC2)/C=C/[C@@H]1C. The van der Waals surface area contributed by atoms with Crippen LogP contribution in [-0.4, -0.2) is 103 Å². The molecule has 0 aromatic heterocycles. The molecule has 0 spiro atoms. The zero-order valence-electron chi connectivity index (χ0n) is 26.0. The van der Waals surface area contributed by atoms with E-state index in [0.717, 1.165) is 32.5 Å². The molecule has 10 heteroatoms. The number of cyclic esters (lactones) is 1. The van der Waals surface area contributed by atoms with E-state index >= 15 is 0 Å². The Hall–Kier alpha value is -2.95. The van der Waals surface area contributed by atoms with Gasteiger partial charge in [0.1, 0.15) is 18.0 Å². The summed E-state index contributed by atoms with van der Waals surface area (Å²) in [5, 5.41) is 20.4. The standard InChI is InChI=1S/C33H48FN3O6/c1-22-7-9-29(39)20-31(40)43-32(23(2)8-10-30(22)42-33(41)36-14-12-35(4)13-15-36)24(3)16-25-17-26(34)19-28(18-25)37-11-5-6-27(37)21-38/h8,10,16-19,22-23,27,29-30,32,38-39H,5-7,9,11-15,20-21H2,1-4H3/b10-8+,24-16+/t22-,23-,27+,29+,30-,32-/m0/s1. The van der Waals surface area contributed by atoms with E-state index in [2.05, 4.69) is 4.90 Å². The van der Waals surface area contributed by atoms with Crippen LogP contribution in [0.3, 0.4) is 0 Å². The molecule has 4 rings (SSSR count). The Balaban J connectivity index is 1.57. The van der Waals surface area contributed by atoms with Gasteiger partial charge < -0.3 is 34.4 Å². The Morgan fingerprint density at radius 1 is 1.09 bits per heavy atom. The van der Waals surface area contributed by atoms with Crippen LogP contribution in [0.4, 0.5) is 14.9 Å². The van der Waals surface area contributed by atoms with Crippen molar-refractivity contribution in [2.75, 3.05) is 51.3 Å². The number of likely N-dealkylation sites (N-methyl/N-ethyl adjacent to an activating group) is 1. The van der Waals surface area contributed by atoms with Gasteiger partial charge in [0.25, 0.3) is 0 Å². The summed E-state index contributed by atoms with van der Waals surface area (Å²) in [7, 11) is 2.03. The molecule has 0 unspecified atom stereocenters. The molecule has 0 radical (unpaired) electrons. The molecule has 2 fully saturated rings. The third-order valence-corrected chi connectivity index (χ3v) is 8.92. The number of nitrogens with zero attached hydrogens (tertiary/aromatic N) is 3. The van der Waals surface area contributed by atoms with E-state index in [4.69, 9.17) is 9.47 Å². The second-order valence-electron chi connectivity index (χ2n) is 12.5. The summed E-state index contributed by atoms with van der Waals surface area (Å²) >= 11 is 0. The first-order valence-electron chi connectivity index (χ1n) is 15.6. The molecule has 6 atom stereocenters. The van der Waals surface area contributed by atoms with Gasteiger partial charge in [-0.05, 0) is 81.0 Å². The molecular weight excluding hydrogens is 553 g/mol. The number of amides is 1. The number of hydrogen-bond donors (Lipinski definition) is 2. The number of anilines is 1. The van der Waals surface area contributed by atoms with E-state index in [0.29, 0.717) is 42.8 Å². The van der Waals surface area contributed by atoms with Crippen LogP contribution in [-0.2, 0) is 14.3 Å². The second kappa shape index (κ2) is 15.2. The number of carbonyl (C=O) groups is 2. The third-order valence-electron chi connectivity index (χ3n) is 8.92. The van der Waals surface area contributed by atoms with E-state index in [1.54, 1.807) is 4.90 Å². The zero-order valence-corrected chi connectivity index (χ0v) is 26.0. The van der Waals surface area contributed by atoms with Crippen molar-refractivity contribution in [2.24, 2.45) is 11.8 Å². The minimum atomic E-state index is -0.877. The number of aliphatic hydroxyl groups excluding tert-OH is 2. The lowest BCUT2D eigenvalue weighted by molar-refractivity contribution is -0.151. The van der Waals surface area contributed by atoms with E-state index < -0.39 is 24.3 Å². The van der Waals surface area contributed by atoms with Gasteiger partial charge in [0.05, 0.1) is 25.2 Å². The molecule has 1 aromatic carbocycles. The number of carbonyl (C=O) groups excluding carboxylic acids is 2. The summed E-state index contributed by atoms with van der Waals surface area (Å²) in [6, 6.07) is 4.77. The molecule has 0 aliphatic carbocycles. The highest BCUT2D eigenvalue weighted by atomic mass is 19.1. The van der Waals surface area contributed by atoms with E-state index in [1.165, 1.54) is 12.1 Å². The molecule has 0 saturated carbocycles. The molecular formula is C33H48FN3O6. The normalized spacial score (nSPS) is 30.8. The van der Waals surface area contributed by atoms with Crippen LogP contribution in [0.15, 0.2) is 35.9 Å². The molecule has 9 nitrogen and oxygen atoms in total. The maximum absolute atomic E-state index is 14.7. The van der Waals surface area contributed by atoms with Crippen molar-refractivity contribution >= 4 is 23.8 Å². The molecule has 3 aliphatic heterocycles. The van der Waals surface area contributed by atoms with E-state index in [-0.39, 0.29) is 42.8 Å². The van der Waals surface area contributed by atoms with Gasteiger partial charge in [0.15, 0.2) is 0 Å². The highest BCUT2D eigenvalue weighted by Gasteiger charge is 2.29. The number of esters is 1. The quantitative estimate of drug-likeness (QED) is 0.382. The highest BCUT2D eigenvalue weighted by Crippen LogP contribution is 2.30. The van der Waals surface area contributed by atoms with Crippen molar-refractivity contribution in [2.45, 2.75) is 77.2 Å². The van der Waals surface area contributed by atoms with Crippen molar-refractivity contribution in [3.63, 3.8) is 0 Å². The van der Waals surface area contributed by atoms with E-state index in [1.807, 2.05) is 57.0 Å². The number of ether oxygens (including phenoxy) is 2. The van der Waals surface area contributed by atoms with Crippen molar-refractivity contribution in [3.8, 4) is 0 Å². The minimum absolute atomic E-state index is 0.0126. The first-order chi connectivity index (χ1) is 20.5. The lowest BCUT2D eigenvalue weighted by atomic mass is 9.91. The van der Waals surface area contributed by atoms with E-state index in [9.17, 15) is 24.2 Å². The van der Waals surface area contributed by atoms with Crippen molar-refractivity contribution in [3.05, 3.63) is 47.3 Å². The molecule has 0 bridgehead atoms. The molecule has 43 heavy (non-hydrogen) atoms. The van der Waals surface area contributed by atoms with Gasteiger partial charge in [-0.1, -0.05) is 26.0 Å². The fraction of sp³-hybridized carbons (Fsp3) is 0.636. The van der Waals surface area contributed by atoms with Crippen LogP contribution < -0.4 is 4.90 Å². The number of hydrogen-bond acceptors (Lipinski definition) is 8. The van der Waals surface area contributed by atoms with Gasteiger partial charge in [-0.25, -0.2) is 9.18 Å². The lowest BCUT2D eigenvalue weighted by Crippen LogP contribution is -2.48. The predicted molar refractivity (Wildman–Crippen MR) is 164 cm³/mol. The molecule has 3 heterocycles. The van der Waals surface area contributed by atoms with Gasteiger partial charge in [-0.2, -0.15) is 0 Å². The average molecular weight is 602 g/mol. The van der Waals surface area contributed by atoms with Gasteiger partial charge in [-0.3, -0.25) is 4.79 Å². The number of rotatable bonds is 5. The van der Waals surface area contributed by atoms with Gasteiger partial charge >= 0.3 is 12.1 Å². The van der Waals surface area contributed by atoms with Gasteiger partial charge in [-0.15, -0.1) is 0 Å². The summed E-state index contributed by atoms with van der Waals surface area (Å²) in [6.45, 7) is 9.31. The predicted octanol–water partition coefficient (Wildman–Crippen LogP) is 4.23. The lowest BCUT2D eigenvalue weighted by Gasteiger charge is -2.33. The summed E-state index contributed by atoms with van der Waals surface area (Å²) in [6.07, 6.45) is 5.79. The molecule has 1 aromatic rings. The van der Waals surface area contributed by atoms with Crippen LogP contribution in [0, 0.1) is 17.7 Å². The maximum atomic E-state index is 14.7. The van der Waals surface area contributed by atoms with Crippen LogP contribution in [0.5, 0.6) is 0 Å². The third kappa shape index (κ3) is 9.03. The highest BCUT2D eigenvalue weighted by molar-refractivity contribution is 5.71. The number of benzene rings is 1. The van der Waals surface area contributed by atoms with Crippen molar-refractivity contribution in [1.82, 2.24) is 9.80 Å². The van der Waals surface area contributed by atoms with Gasteiger partial charge in [0, 0.05) is 44.3 Å². The van der Waals surface area contributed by atoms with Crippen molar-refractivity contribution < 1.29 is 33.7 Å². The molecule has 1 amide bonds. The maximum Gasteiger partial charge on any atom is 0.410 e. The van der Waals surface area contributed by atoms with Crippen molar-refractivity contribution in [1.29, 1.82) is 0 Å². The number of aliphatic hydroxyl groups is 2. The molecule has 2 saturated heterocycles. The smallest absolute Gasteiger partial charge is 0.410 e. The average Bonchev–Trinajstić information content (AvgIpc) is 3.45. The Bertz CT molecular complexity index is 1170. The topological polar surface area (TPSA) is 103 Å². The molecule has 2 N–H and O–H groups in total. The van der Waals surface area contributed by atoms with Crippen LogP contribution in [0.2, 0.25) is 0 Å². The second-order valence-corrected chi connectivity index (χ2v) is 12.5. The first kappa shape index (κ1) is 33.0. The Labute approximate surface area is 254 Å². The fourth-order valence-corrected chi connectivity index (χ4v) is 6.19. The minimum Gasteiger partial charge on any atom is -0.457 e. The van der Waals surface area contributed by atoms with Gasteiger partial charge in [0.2, 0.25) is 0 Å². The summed E-state index contributed by atoms with van der Waals surface area (Å²) in [4.78, 5) is 31.8. The Morgan fingerprint density at radius 3 is 2.56 bits per heavy atom. The van der Waals surface area contributed by atoms with Crippen LogP contribution in [0.25, 0.3) is 6.08 Å². The zero-order chi connectivity index (χ0) is 31.1. The molecule has 238 valence electrons.